The second kappa shape index (κ2) is 8.97. The van der Waals surface area contributed by atoms with Crippen molar-refractivity contribution < 1.29 is 14.3 Å². The Morgan fingerprint density at radius 1 is 1.04 bits per heavy atom. The Morgan fingerprint density at radius 2 is 1.71 bits per heavy atom. The van der Waals surface area contributed by atoms with Gasteiger partial charge < -0.3 is 14.5 Å². The topological polar surface area (TPSA) is 49.9 Å². The number of amides is 2. The van der Waals surface area contributed by atoms with Crippen LogP contribution in [0.2, 0.25) is 0 Å². The van der Waals surface area contributed by atoms with E-state index in [2.05, 4.69) is 26.8 Å². The summed E-state index contributed by atoms with van der Waals surface area (Å²) in [7, 11) is 0. The fourth-order valence-corrected chi connectivity index (χ4v) is 4.46. The molecular formula is C23H34N2O3. The molecule has 5 heteroatoms. The summed E-state index contributed by atoms with van der Waals surface area (Å²) >= 11 is 0. The number of carbonyl (C=O) groups excluding carboxylic acids is 2. The van der Waals surface area contributed by atoms with Gasteiger partial charge in [-0.15, -0.1) is 0 Å². The quantitative estimate of drug-likeness (QED) is 0.771. The van der Waals surface area contributed by atoms with Crippen LogP contribution in [0.1, 0.15) is 69.9 Å². The zero-order valence-electron chi connectivity index (χ0n) is 17.7. The van der Waals surface area contributed by atoms with Crippen molar-refractivity contribution >= 4 is 11.8 Å². The standard InChI is InChI=1S/C23H34N2O3/c1-16(2)20-11-10-19(15-17(20)3)28-18(4)22(26)25-14-6-5-9-21(25)23(27)24-12-7-8-13-24/h10-11,15-16,18,21H,5-9,12-14H2,1-4H3. The lowest BCUT2D eigenvalue weighted by Crippen LogP contribution is -2.55. The summed E-state index contributed by atoms with van der Waals surface area (Å²) in [6.07, 6.45) is 4.24. The molecule has 2 atom stereocenters. The lowest BCUT2D eigenvalue weighted by atomic mass is 9.98. The normalized spacial score (nSPS) is 21.1. The van der Waals surface area contributed by atoms with Gasteiger partial charge in [-0.3, -0.25) is 9.59 Å². The molecule has 1 aromatic carbocycles. The first kappa shape index (κ1) is 20.7. The van der Waals surface area contributed by atoms with E-state index in [1.54, 1.807) is 11.8 Å². The van der Waals surface area contributed by atoms with Crippen molar-refractivity contribution in [3.05, 3.63) is 29.3 Å². The highest BCUT2D eigenvalue weighted by Gasteiger charge is 2.37. The minimum atomic E-state index is -0.601. The first-order valence-electron chi connectivity index (χ1n) is 10.7. The van der Waals surface area contributed by atoms with Gasteiger partial charge in [-0.1, -0.05) is 19.9 Å². The van der Waals surface area contributed by atoms with Gasteiger partial charge in [0.15, 0.2) is 6.10 Å². The van der Waals surface area contributed by atoms with Gasteiger partial charge in [0, 0.05) is 19.6 Å². The predicted molar refractivity (Wildman–Crippen MR) is 111 cm³/mol. The lowest BCUT2D eigenvalue weighted by molar-refractivity contribution is -0.151. The Morgan fingerprint density at radius 3 is 2.36 bits per heavy atom. The number of likely N-dealkylation sites (tertiary alicyclic amines) is 2. The van der Waals surface area contributed by atoms with Crippen molar-refractivity contribution in [3.8, 4) is 5.75 Å². The highest BCUT2D eigenvalue weighted by molar-refractivity contribution is 5.89. The summed E-state index contributed by atoms with van der Waals surface area (Å²) in [4.78, 5) is 29.8. The summed E-state index contributed by atoms with van der Waals surface area (Å²) in [6.45, 7) is 10.5. The van der Waals surface area contributed by atoms with Crippen molar-refractivity contribution in [2.24, 2.45) is 0 Å². The Hall–Kier alpha value is -2.04. The highest BCUT2D eigenvalue weighted by atomic mass is 16.5. The third-order valence-corrected chi connectivity index (χ3v) is 6.01. The number of rotatable bonds is 5. The van der Waals surface area contributed by atoms with Crippen LogP contribution in [-0.2, 0) is 9.59 Å². The molecule has 2 aliphatic heterocycles. The minimum Gasteiger partial charge on any atom is -0.481 e. The average molecular weight is 387 g/mol. The fraction of sp³-hybridized carbons (Fsp3) is 0.652. The smallest absolute Gasteiger partial charge is 0.264 e. The Balaban J connectivity index is 1.68. The Kier molecular flexibility index (Phi) is 6.63. The fourth-order valence-electron chi connectivity index (χ4n) is 4.46. The third-order valence-electron chi connectivity index (χ3n) is 6.01. The Labute approximate surface area is 169 Å². The molecule has 0 aromatic heterocycles. The summed E-state index contributed by atoms with van der Waals surface area (Å²) in [5, 5.41) is 0. The van der Waals surface area contributed by atoms with Crippen LogP contribution in [-0.4, -0.2) is 53.4 Å². The second-order valence-corrected chi connectivity index (χ2v) is 8.51. The predicted octanol–water partition coefficient (Wildman–Crippen LogP) is 3.89. The van der Waals surface area contributed by atoms with Gasteiger partial charge in [0.25, 0.3) is 5.91 Å². The van der Waals surface area contributed by atoms with E-state index in [1.807, 2.05) is 17.0 Å². The van der Waals surface area contributed by atoms with Gasteiger partial charge in [0.1, 0.15) is 11.8 Å². The number of piperidine rings is 1. The molecule has 2 unspecified atom stereocenters. The Bertz CT molecular complexity index is 710. The van der Waals surface area contributed by atoms with Gasteiger partial charge in [-0.25, -0.2) is 0 Å². The van der Waals surface area contributed by atoms with Crippen molar-refractivity contribution in [1.29, 1.82) is 0 Å². The van der Waals surface area contributed by atoms with Crippen LogP contribution in [0.15, 0.2) is 18.2 Å². The van der Waals surface area contributed by atoms with Crippen molar-refractivity contribution in [3.63, 3.8) is 0 Å². The zero-order valence-corrected chi connectivity index (χ0v) is 17.7. The lowest BCUT2D eigenvalue weighted by Gasteiger charge is -2.38. The van der Waals surface area contributed by atoms with Crippen molar-refractivity contribution in [1.82, 2.24) is 9.80 Å². The van der Waals surface area contributed by atoms with Crippen LogP contribution in [0, 0.1) is 6.92 Å². The maximum absolute atomic E-state index is 13.1. The van der Waals surface area contributed by atoms with E-state index >= 15 is 0 Å². The van der Waals surface area contributed by atoms with Crippen LogP contribution in [0.3, 0.4) is 0 Å². The number of hydrogen-bond acceptors (Lipinski definition) is 3. The highest BCUT2D eigenvalue weighted by Crippen LogP contribution is 2.26. The largest absolute Gasteiger partial charge is 0.481 e. The first-order valence-corrected chi connectivity index (χ1v) is 10.7. The molecule has 2 heterocycles. The van der Waals surface area contributed by atoms with E-state index in [0.29, 0.717) is 18.2 Å². The molecular weight excluding hydrogens is 352 g/mol. The molecule has 2 amide bonds. The minimum absolute atomic E-state index is 0.0807. The second-order valence-electron chi connectivity index (χ2n) is 8.51. The van der Waals surface area contributed by atoms with Crippen LogP contribution >= 0.6 is 0 Å². The van der Waals surface area contributed by atoms with Crippen LogP contribution in [0.5, 0.6) is 5.75 Å². The van der Waals surface area contributed by atoms with Crippen LogP contribution in [0.4, 0.5) is 0 Å². The van der Waals surface area contributed by atoms with Gasteiger partial charge in [0.2, 0.25) is 5.91 Å². The van der Waals surface area contributed by atoms with E-state index in [0.717, 1.165) is 45.2 Å². The van der Waals surface area contributed by atoms with Crippen molar-refractivity contribution in [2.45, 2.75) is 77.9 Å². The van der Waals surface area contributed by atoms with E-state index in [9.17, 15) is 9.59 Å². The van der Waals surface area contributed by atoms with Crippen LogP contribution in [0.25, 0.3) is 0 Å². The number of benzene rings is 1. The van der Waals surface area contributed by atoms with E-state index < -0.39 is 6.10 Å². The van der Waals surface area contributed by atoms with E-state index in [1.165, 1.54) is 11.1 Å². The van der Waals surface area contributed by atoms with Gasteiger partial charge in [-0.2, -0.15) is 0 Å². The van der Waals surface area contributed by atoms with Crippen molar-refractivity contribution in [2.75, 3.05) is 19.6 Å². The number of nitrogens with zero attached hydrogens (tertiary/aromatic N) is 2. The molecule has 0 bridgehead atoms. The molecule has 5 nitrogen and oxygen atoms in total. The molecule has 1 aromatic rings. The summed E-state index contributed by atoms with van der Waals surface area (Å²) < 4.78 is 5.98. The van der Waals surface area contributed by atoms with Crippen LogP contribution < -0.4 is 4.74 Å². The van der Waals surface area contributed by atoms with Gasteiger partial charge in [0.05, 0.1) is 0 Å². The maximum Gasteiger partial charge on any atom is 0.264 e. The molecule has 2 fully saturated rings. The monoisotopic (exact) mass is 386 g/mol. The number of carbonyl (C=O) groups is 2. The van der Waals surface area contributed by atoms with E-state index in [4.69, 9.17) is 4.74 Å². The summed E-state index contributed by atoms with van der Waals surface area (Å²) in [5.41, 5.74) is 2.46. The molecule has 154 valence electrons. The molecule has 0 spiro atoms. The number of ether oxygens (including phenoxy) is 1. The number of aryl methyl sites for hydroxylation is 1. The molecule has 28 heavy (non-hydrogen) atoms. The zero-order chi connectivity index (χ0) is 20.3. The molecule has 3 rings (SSSR count). The molecule has 2 saturated heterocycles. The SMILES string of the molecule is Cc1cc(OC(C)C(=O)N2CCCCC2C(=O)N2CCCC2)ccc1C(C)C. The number of hydrogen-bond donors (Lipinski definition) is 0. The van der Waals surface area contributed by atoms with Gasteiger partial charge >= 0.3 is 0 Å². The van der Waals surface area contributed by atoms with E-state index in [-0.39, 0.29) is 17.9 Å². The molecule has 2 aliphatic rings. The molecule has 0 aliphatic carbocycles. The third kappa shape index (κ3) is 4.50. The molecule has 0 saturated carbocycles. The maximum atomic E-state index is 13.1. The average Bonchev–Trinajstić information content (AvgIpc) is 3.21. The molecule has 0 N–H and O–H groups in total. The summed E-state index contributed by atoms with van der Waals surface area (Å²) in [6, 6.07) is 5.69. The van der Waals surface area contributed by atoms with Gasteiger partial charge in [-0.05, 0) is 75.1 Å². The summed E-state index contributed by atoms with van der Waals surface area (Å²) in [5.74, 6) is 1.21. The molecule has 0 radical (unpaired) electrons. The first-order chi connectivity index (χ1) is 13.4.